The number of aliphatic carboxylic acids is 1. The maximum atomic E-state index is 11.3. The van der Waals surface area contributed by atoms with Crippen molar-refractivity contribution in [1.29, 1.82) is 0 Å². The van der Waals surface area contributed by atoms with Gasteiger partial charge in [0.15, 0.2) is 0 Å². The SMILES string of the molecule is CC(SCC(=O)NC(C)(C)C)C(=O)O. The molecule has 0 rings (SSSR count). The van der Waals surface area contributed by atoms with Crippen LogP contribution in [0.25, 0.3) is 0 Å². The smallest absolute Gasteiger partial charge is 0.316 e. The molecule has 0 aliphatic heterocycles. The molecule has 1 amide bonds. The Balaban J connectivity index is 3.81. The Hall–Kier alpha value is -0.710. The van der Waals surface area contributed by atoms with Crippen molar-refractivity contribution in [3.63, 3.8) is 0 Å². The summed E-state index contributed by atoms with van der Waals surface area (Å²) in [7, 11) is 0. The maximum Gasteiger partial charge on any atom is 0.316 e. The molecule has 14 heavy (non-hydrogen) atoms. The molecule has 0 aromatic carbocycles. The molecule has 1 unspecified atom stereocenters. The predicted molar refractivity (Wildman–Crippen MR) is 57.5 cm³/mol. The van der Waals surface area contributed by atoms with Gasteiger partial charge in [0.25, 0.3) is 0 Å². The van der Waals surface area contributed by atoms with Crippen molar-refractivity contribution in [2.24, 2.45) is 0 Å². The first-order valence-electron chi connectivity index (χ1n) is 4.38. The molecule has 5 heteroatoms. The predicted octanol–water partition coefficient (Wildman–Crippen LogP) is 1.11. The summed E-state index contributed by atoms with van der Waals surface area (Å²) in [6.45, 7) is 7.22. The minimum Gasteiger partial charge on any atom is -0.480 e. The monoisotopic (exact) mass is 219 g/mol. The third kappa shape index (κ3) is 6.77. The highest BCUT2D eigenvalue weighted by molar-refractivity contribution is 8.01. The molecular formula is C9H17NO3S. The summed E-state index contributed by atoms with van der Waals surface area (Å²) in [5.74, 6) is -0.834. The lowest BCUT2D eigenvalue weighted by Gasteiger charge is -2.20. The minimum atomic E-state index is -0.890. The normalized spacial score (nSPS) is 13.4. The Kier molecular flexibility index (Phi) is 4.97. The average molecular weight is 219 g/mol. The lowest BCUT2D eigenvalue weighted by molar-refractivity contribution is -0.136. The molecule has 0 spiro atoms. The second-order valence-corrected chi connectivity index (χ2v) is 5.42. The van der Waals surface area contributed by atoms with Gasteiger partial charge in [-0.05, 0) is 27.7 Å². The van der Waals surface area contributed by atoms with Crippen LogP contribution in [0, 0.1) is 0 Å². The van der Waals surface area contributed by atoms with Crippen LogP contribution >= 0.6 is 11.8 Å². The Morgan fingerprint density at radius 1 is 1.43 bits per heavy atom. The first-order chi connectivity index (χ1) is 6.22. The van der Waals surface area contributed by atoms with Gasteiger partial charge in [-0.15, -0.1) is 11.8 Å². The number of hydrogen-bond donors (Lipinski definition) is 2. The van der Waals surface area contributed by atoms with E-state index >= 15 is 0 Å². The number of nitrogens with one attached hydrogen (secondary N) is 1. The zero-order chi connectivity index (χ0) is 11.4. The van der Waals surface area contributed by atoms with Crippen LogP contribution in [-0.2, 0) is 9.59 Å². The Morgan fingerprint density at radius 2 is 1.93 bits per heavy atom. The molecule has 0 fully saturated rings. The van der Waals surface area contributed by atoms with Gasteiger partial charge in [-0.25, -0.2) is 0 Å². The number of carbonyl (C=O) groups excluding carboxylic acids is 1. The van der Waals surface area contributed by atoms with Crippen LogP contribution in [0.4, 0.5) is 0 Å². The first kappa shape index (κ1) is 13.3. The van der Waals surface area contributed by atoms with Gasteiger partial charge in [0.1, 0.15) is 0 Å². The van der Waals surface area contributed by atoms with E-state index in [1.807, 2.05) is 20.8 Å². The van der Waals surface area contributed by atoms with Gasteiger partial charge < -0.3 is 10.4 Å². The van der Waals surface area contributed by atoms with E-state index in [-0.39, 0.29) is 17.2 Å². The molecule has 0 aliphatic carbocycles. The molecule has 0 aromatic rings. The quantitative estimate of drug-likeness (QED) is 0.743. The summed E-state index contributed by atoms with van der Waals surface area (Å²) in [6.07, 6.45) is 0. The summed E-state index contributed by atoms with van der Waals surface area (Å²) in [6, 6.07) is 0. The summed E-state index contributed by atoms with van der Waals surface area (Å²) >= 11 is 1.12. The molecule has 0 bridgehead atoms. The van der Waals surface area contributed by atoms with Crippen LogP contribution in [0.1, 0.15) is 27.7 Å². The van der Waals surface area contributed by atoms with Crippen molar-refractivity contribution >= 4 is 23.6 Å². The summed E-state index contributed by atoms with van der Waals surface area (Å²) in [4.78, 5) is 21.7. The molecule has 0 radical (unpaired) electrons. The average Bonchev–Trinajstić information content (AvgIpc) is 1.96. The fourth-order valence-corrected chi connectivity index (χ4v) is 1.34. The zero-order valence-corrected chi connectivity index (χ0v) is 9.77. The van der Waals surface area contributed by atoms with Gasteiger partial charge in [-0.1, -0.05) is 0 Å². The Bertz CT molecular complexity index is 223. The maximum absolute atomic E-state index is 11.3. The number of thioether (sulfide) groups is 1. The van der Waals surface area contributed by atoms with Crippen molar-refractivity contribution in [2.75, 3.05) is 5.75 Å². The Morgan fingerprint density at radius 3 is 2.29 bits per heavy atom. The van der Waals surface area contributed by atoms with E-state index in [0.29, 0.717) is 0 Å². The van der Waals surface area contributed by atoms with E-state index in [1.165, 1.54) is 0 Å². The highest BCUT2D eigenvalue weighted by Crippen LogP contribution is 2.10. The van der Waals surface area contributed by atoms with Crippen LogP contribution in [0.15, 0.2) is 0 Å². The van der Waals surface area contributed by atoms with E-state index in [9.17, 15) is 9.59 Å². The number of hydrogen-bond acceptors (Lipinski definition) is 3. The molecule has 0 heterocycles. The van der Waals surface area contributed by atoms with E-state index in [1.54, 1.807) is 6.92 Å². The molecule has 0 saturated heterocycles. The topological polar surface area (TPSA) is 66.4 Å². The number of carboxylic acids is 1. The molecule has 82 valence electrons. The van der Waals surface area contributed by atoms with Crippen molar-refractivity contribution in [2.45, 2.75) is 38.5 Å². The molecule has 4 nitrogen and oxygen atoms in total. The van der Waals surface area contributed by atoms with Gasteiger partial charge in [0, 0.05) is 5.54 Å². The molecule has 0 aliphatic rings. The van der Waals surface area contributed by atoms with Gasteiger partial charge in [-0.3, -0.25) is 9.59 Å². The number of rotatable bonds is 4. The minimum absolute atomic E-state index is 0.129. The van der Waals surface area contributed by atoms with E-state index < -0.39 is 11.2 Å². The van der Waals surface area contributed by atoms with E-state index in [2.05, 4.69) is 5.32 Å². The van der Waals surface area contributed by atoms with Gasteiger partial charge in [0.05, 0.1) is 11.0 Å². The zero-order valence-electron chi connectivity index (χ0n) is 8.96. The molecule has 0 aromatic heterocycles. The fraction of sp³-hybridized carbons (Fsp3) is 0.778. The molecule has 0 saturated carbocycles. The largest absolute Gasteiger partial charge is 0.480 e. The van der Waals surface area contributed by atoms with Gasteiger partial charge in [-0.2, -0.15) is 0 Å². The Labute approximate surface area is 88.4 Å². The van der Waals surface area contributed by atoms with Crippen LogP contribution in [0.5, 0.6) is 0 Å². The van der Waals surface area contributed by atoms with Crippen LogP contribution in [0.3, 0.4) is 0 Å². The van der Waals surface area contributed by atoms with Crippen molar-refractivity contribution in [1.82, 2.24) is 5.32 Å². The molecular weight excluding hydrogens is 202 g/mol. The van der Waals surface area contributed by atoms with Crippen molar-refractivity contribution in [3.05, 3.63) is 0 Å². The summed E-state index contributed by atoms with van der Waals surface area (Å²) in [5, 5.41) is 10.8. The number of carboxylic acid groups (broad SMARTS) is 1. The van der Waals surface area contributed by atoms with Gasteiger partial charge in [0.2, 0.25) is 5.91 Å². The lowest BCUT2D eigenvalue weighted by atomic mass is 10.1. The second-order valence-electron chi connectivity index (χ2n) is 4.09. The highest BCUT2D eigenvalue weighted by Gasteiger charge is 2.17. The van der Waals surface area contributed by atoms with E-state index in [4.69, 9.17) is 5.11 Å². The van der Waals surface area contributed by atoms with E-state index in [0.717, 1.165) is 11.8 Å². The van der Waals surface area contributed by atoms with Crippen molar-refractivity contribution in [3.8, 4) is 0 Å². The highest BCUT2D eigenvalue weighted by atomic mass is 32.2. The second kappa shape index (κ2) is 5.24. The van der Waals surface area contributed by atoms with Crippen LogP contribution in [0.2, 0.25) is 0 Å². The number of carbonyl (C=O) groups is 2. The first-order valence-corrected chi connectivity index (χ1v) is 5.42. The van der Waals surface area contributed by atoms with Crippen LogP contribution < -0.4 is 5.32 Å². The standard InChI is InChI=1S/C9H17NO3S/c1-6(8(12)13)14-5-7(11)10-9(2,3)4/h6H,5H2,1-4H3,(H,10,11)(H,12,13). The summed E-state index contributed by atoms with van der Waals surface area (Å²) in [5.41, 5.74) is -0.260. The lowest BCUT2D eigenvalue weighted by Crippen LogP contribution is -2.41. The summed E-state index contributed by atoms with van der Waals surface area (Å²) < 4.78 is 0. The van der Waals surface area contributed by atoms with Crippen LogP contribution in [-0.4, -0.2) is 33.5 Å². The third-order valence-corrected chi connectivity index (χ3v) is 2.46. The third-order valence-electron chi connectivity index (χ3n) is 1.33. The molecule has 1 atom stereocenters. The van der Waals surface area contributed by atoms with Crippen molar-refractivity contribution < 1.29 is 14.7 Å². The molecule has 2 N–H and O–H groups in total. The number of amides is 1. The fourth-order valence-electron chi connectivity index (χ4n) is 0.726. The van der Waals surface area contributed by atoms with Gasteiger partial charge >= 0.3 is 5.97 Å².